The second-order valence-electron chi connectivity index (χ2n) is 5.31. The molecular formula is C18H20N4O2. The van der Waals surface area contributed by atoms with Crippen LogP contribution in [0.1, 0.15) is 5.56 Å². The van der Waals surface area contributed by atoms with Gasteiger partial charge in [-0.1, -0.05) is 18.2 Å². The van der Waals surface area contributed by atoms with Crippen LogP contribution in [0.15, 0.2) is 54.9 Å². The van der Waals surface area contributed by atoms with Crippen LogP contribution in [0.4, 0.5) is 5.82 Å². The summed E-state index contributed by atoms with van der Waals surface area (Å²) in [6.07, 6.45) is 3.57. The maximum absolute atomic E-state index is 9.27. The molecule has 0 amide bonds. The summed E-state index contributed by atoms with van der Waals surface area (Å²) in [5.41, 5.74) is 2.88. The van der Waals surface area contributed by atoms with E-state index in [9.17, 15) is 5.11 Å². The van der Waals surface area contributed by atoms with Crippen LogP contribution < -0.4 is 10.1 Å². The van der Waals surface area contributed by atoms with E-state index >= 15 is 0 Å². The summed E-state index contributed by atoms with van der Waals surface area (Å²) in [4.78, 5) is 4.11. The zero-order valence-corrected chi connectivity index (χ0v) is 13.5. The Hall–Kier alpha value is -2.86. The molecule has 3 rings (SSSR count). The Morgan fingerprint density at radius 3 is 2.88 bits per heavy atom. The fraction of sp³-hybridized carbons (Fsp3) is 0.222. The molecule has 1 aromatic carbocycles. The van der Waals surface area contributed by atoms with Crippen molar-refractivity contribution >= 4 is 5.82 Å². The third kappa shape index (κ3) is 3.72. The van der Waals surface area contributed by atoms with E-state index in [2.05, 4.69) is 15.4 Å². The van der Waals surface area contributed by atoms with Crippen LogP contribution >= 0.6 is 0 Å². The zero-order valence-electron chi connectivity index (χ0n) is 13.5. The third-order valence-electron chi connectivity index (χ3n) is 3.65. The number of anilines is 1. The highest BCUT2D eigenvalue weighted by Gasteiger charge is 2.10. The van der Waals surface area contributed by atoms with Crippen molar-refractivity contribution in [1.29, 1.82) is 0 Å². The van der Waals surface area contributed by atoms with Crippen molar-refractivity contribution in [3.8, 4) is 17.0 Å². The molecule has 0 saturated carbocycles. The number of aromatic nitrogens is 3. The number of aliphatic hydroxyl groups excluding tert-OH is 1. The van der Waals surface area contributed by atoms with E-state index in [0.29, 0.717) is 13.1 Å². The van der Waals surface area contributed by atoms with Crippen molar-refractivity contribution in [2.24, 2.45) is 0 Å². The van der Waals surface area contributed by atoms with Gasteiger partial charge in [0.25, 0.3) is 0 Å². The van der Waals surface area contributed by atoms with E-state index in [-0.39, 0.29) is 6.61 Å². The zero-order chi connectivity index (χ0) is 16.8. The molecule has 6 heteroatoms. The fourth-order valence-corrected chi connectivity index (χ4v) is 2.44. The molecule has 0 fully saturated rings. The Morgan fingerprint density at radius 1 is 1.21 bits per heavy atom. The average Bonchev–Trinajstić information content (AvgIpc) is 3.04. The molecule has 0 radical (unpaired) electrons. The first-order valence-electron chi connectivity index (χ1n) is 7.76. The smallest absolute Gasteiger partial charge is 0.125 e. The minimum atomic E-state index is 0.0286. The number of benzene rings is 1. The normalized spacial score (nSPS) is 10.6. The van der Waals surface area contributed by atoms with Crippen molar-refractivity contribution in [3.63, 3.8) is 0 Å². The van der Waals surface area contributed by atoms with Crippen LogP contribution in [0.5, 0.6) is 5.75 Å². The minimum absolute atomic E-state index is 0.0286. The second-order valence-corrected chi connectivity index (χ2v) is 5.31. The van der Waals surface area contributed by atoms with Gasteiger partial charge in [0, 0.05) is 30.6 Å². The highest BCUT2D eigenvalue weighted by Crippen LogP contribution is 2.25. The molecule has 0 bridgehead atoms. The molecule has 2 heterocycles. The Morgan fingerprint density at radius 2 is 2.12 bits per heavy atom. The maximum atomic E-state index is 9.27. The molecule has 24 heavy (non-hydrogen) atoms. The minimum Gasteiger partial charge on any atom is -0.497 e. The van der Waals surface area contributed by atoms with Crippen molar-refractivity contribution in [2.45, 2.75) is 13.1 Å². The fourth-order valence-electron chi connectivity index (χ4n) is 2.44. The first-order chi connectivity index (χ1) is 11.8. The number of methoxy groups -OCH3 is 1. The van der Waals surface area contributed by atoms with Crippen LogP contribution in [-0.2, 0) is 13.1 Å². The number of ether oxygens (including phenoxy) is 1. The lowest BCUT2D eigenvalue weighted by Gasteiger charge is -2.08. The maximum Gasteiger partial charge on any atom is 0.125 e. The number of hydrogen-bond acceptors (Lipinski definition) is 5. The van der Waals surface area contributed by atoms with Gasteiger partial charge in [0.15, 0.2) is 0 Å². The summed E-state index contributed by atoms with van der Waals surface area (Å²) >= 11 is 0. The van der Waals surface area contributed by atoms with Crippen LogP contribution in [0.2, 0.25) is 0 Å². The van der Waals surface area contributed by atoms with Gasteiger partial charge in [0.05, 0.1) is 26.0 Å². The van der Waals surface area contributed by atoms with Crippen LogP contribution in [0.25, 0.3) is 11.3 Å². The Labute approximate surface area is 140 Å². The van der Waals surface area contributed by atoms with Gasteiger partial charge in [-0.15, -0.1) is 0 Å². The number of nitrogens with zero attached hydrogens (tertiary/aromatic N) is 3. The molecule has 0 saturated heterocycles. The van der Waals surface area contributed by atoms with E-state index in [0.717, 1.165) is 28.4 Å². The molecule has 0 aliphatic heterocycles. The van der Waals surface area contributed by atoms with Gasteiger partial charge < -0.3 is 15.2 Å². The molecular weight excluding hydrogens is 304 g/mol. The van der Waals surface area contributed by atoms with Gasteiger partial charge in [-0.3, -0.25) is 4.98 Å². The lowest BCUT2D eigenvalue weighted by Crippen LogP contribution is -2.10. The van der Waals surface area contributed by atoms with Crippen LogP contribution in [0, 0.1) is 0 Å². The number of rotatable bonds is 7. The van der Waals surface area contributed by atoms with Gasteiger partial charge in [-0.25, -0.2) is 4.68 Å². The second kappa shape index (κ2) is 7.61. The molecule has 0 aliphatic rings. The summed E-state index contributed by atoms with van der Waals surface area (Å²) in [6.45, 7) is 1.10. The Bertz CT molecular complexity index is 787. The topological polar surface area (TPSA) is 72.2 Å². The molecule has 2 aromatic heterocycles. The van der Waals surface area contributed by atoms with E-state index in [1.54, 1.807) is 18.0 Å². The van der Waals surface area contributed by atoms with E-state index in [1.165, 1.54) is 0 Å². The first kappa shape index (κ1) is 16.0. The summed E-state index contributed by atoms with van der Waals surface area (Å²) < 4.78 is 7.04. The Kier molecular flexibility index (Phi) is 5.08. The number of pyridine rings is 1. The molecule has 0 spiro atoms. The lowest BCUT2D eigenvalue weighted by molar-refractivity contribution is 0.270. The average molecular weight is 324 g/mol. The van der Waals surface area contributed by atoms with Crippen molar-refractivity contribution < 1.29 is 9.84 Å². The Balaban J connectivity index is 1.84. The number of aliphatic hydroxyl groups is 1. The summed E-state index contributed by atoms with van der Waals surface area (Å²) in [6, 6.07) is 13.6. The number of hydrogen-bond donors (Lipinski definition) is 2. The van der Waals surface area contributed by atoms with Gasteiger partial charge in [-0.2, -0.15) is 5.10 Å². The highest BCUT2D eigenvalue weighted by molar-refractivity contribution is 5.64. The first-order valence-corrected chi connectivity index (χ1v) is 7.76. The predicted octanol–water partition coefficient (Wildman–Crippen LogP) is 2.56. The molecule has 3 aromatic rings. The molecule has 0 atom stereocenters. The lowest BCUT2D eigenvalue weighted by atomic mass is 10.1. The van der Waals surface area contributed by atoms with Gasteiger partial charge in [-0.05, 0) is 23.8 Å². The third-order valence-corrected chi connectivity index (χ3v) is 3.65. The molecule has 0 aliphatic carbocycles. The molecule has 0 unspecified atom stereocenters. The van der Waals surface area contributed by atoms with Gasteiger partial charge >= 0.3 is 0 Å². The molecule has 2 N–H and O–H groups in total. The van der Waals surface area contributed by atoms with Crippen molar-refractivity contribution in [1.82, 2.24) is 14.8 Å². The molecule has 124 valence electrons. The monoisotopic (exact) mass is 324 g/mol. The summed E-state index contributed by atoms with van der Waals surface area (Å²) in [5.74, 6) is 1.64. The SMILES string of the molecule is COc1cccc(-c2cc(NCc3cccnc3)n(CCO)n2)c1. The largest absolute Gasteiger partial charge is 0.497 e. The van der Waals surface area contributed by atoms with Crippen molar-refractivity contribution in [3.05, 3.63) is 60.4 Å². The quantitative estimate of drug-likeness (QED) is 0.699. The number of nitrogens with one attached hydrogen (secondary N) is 1. The summed E-state index contributed by atoms with van der Waals surface area (Å²) in [5, 5.41) is 17.2. The van der Waals surface area contributed by atoms with E-state index in [1.807, 2.05) is 48.7 Å². The highest BCUT2D eigenvalue weighted by atomic mass is 16.5. The van der Waals surface area contributed by atoms with E-state index < -0.39 is 0 Å². The van der Waals surface area contributed by atoms with Crippen LogP contribution in [-0.4, -0.2) is 33.6 Å². The summed E-state index contributed by atoms with van der Waals surface area (Å²) in [7, 11) is 1.64. The van der Waals surface area contributed by atoms with Gasteiger partial charge in [0.1, 0.15) is 11.6 Å². The van der Waals surface area contributed by atoms with E-state index in [4.69, 9.17) is 4.74 Å². The van der Waals surface area contributed by atoms with Crippen molar-refractivity contribution in [2.75, 3.05) is 19.0 Å². The standard InChI is InChI=1S/C18H20N4O2/c1-24-16-6-2-5-15(10-16)17-11-18(22(21-17)8-9-23)20-13-14-4-3-7-19-12-14/h2-7,10-12,20,23H,8-9,13H2,1H3. The predicted molar refractivity (Wildman–Crippen MR) is 92.9 cm³/mol. The van der Waals surface area contributed by atoms with Gasteiger partial charge in [0.2, 0.25) is 0 Å². The molecule has 6 nitrogen and oxygen atoms in total. The van der Waals surface area contributed by atoms with Crippen LogP contribution in [0.3, 0.4) is 0 Å².